The summed E-state index contributed by atoms with van der Waals surface area (Å²) >= 11 is 0. The second-order valence-electron chi connectivity index (χ2n) is 12.2. The fourth-order valence-electron chi connectivity index (χ4n) is 5.38. The molecule has 0 heterocycles. The Balaban J connectivity index is -0.000000644. The van der Waals surface area contributed by atoms with Crippen molar-refractivity contribution in [3.63, 3.8) is 0 Å². The molecule has 0 saturated heterocycles. The Morgan fingerprint density at radius 2 is 0.375 bits per heavy atom. The minimum atomic E-state index is 0.873. The normalized spacial score (nSPS) is 10.6. The van der Waals surface area contributed by atoms with Gasteiger partial charge in [-0.15, -0.1) is 13.2 Å². The molecule has 0 saturated carbocycles. The van der Waals surface area contributed by atoms with E-state index in [2.05, 4.69) is 27.0 Å². The molecule has 0 aliphatic heterocycles. The molecule has 0 aliphatic carbocycles. The summed E-state index contributed by atoms with van der Waals surface area (Å²) in [4.78, 5) is 0. The highest BCUT2D eigenvalue weighted by Crippen LogP contribution is 2.15. The van der Waals surface area contributed by atoms with E-state index in [1.165, 1.54) is 205 Å². The van der Waals surface area contributed by atoms with E-state index in [0.29, 0.717) is 0 Å². The van der Waals surface area contributed by atoms with Crippen LogP contribution in [0.15, 0.2) is 13.2 Å². The second-order valence-corrected chi connectivity index (χ2v) is 12.2. The topological polar surface area (TPSA) is 52.0 Å². The minimum absolute atomic E-state index is 0.873. The average molecular weight is 567 g/mol. The van der Waals surface area contributed by atoms with Gasteiger partial charge in [0.2, 0.25) is 0 Å². The molecule has 244 valence electrons. The first kappa shape index (κ1) is 44.1. The van der Waals surface area contributed by atoms with E-state index in [9.17, 15) is 0 Å². The van der Waals surface area contributed by atoms with E-state index in [0.717, 1.165) is 13.1 Å². The zero-order chi connectivity index (χ0) is 30.0. The summed E-state index contributed by atoms with van der Waals surface area (Å²) in [6.07, 6.45) is 45.7. The van der Waals surface area contributed by atoms with Crippen molar-refractivity contribution >= 4 is 0 Å². The lowest BCUT2D eigenvalue weighted by molar-refractivity contribution is 0.530. The molecule has 0 atom stereocenters. The molecule has 0 spiro atoms. The quantitative estimate of drug-likeness (QED) is 0.0628. The fourth-order valence-corrected chi connectivity index (χ4v) is 5.38. The van der Waals surface area contributed by atoms with Crippen molar-refractivity contribution in [3.8, 4) is 0 Å². The molecule has 40 heavy (non-hydrogen) atoms. The third-order valence-electron chi connectivity index (χ3n) is 8.12. The number of hydrogen-bond donors (Lipinski definition) is 2. The van der Waals surface area contributed by atoms with Crippen LogP contribution in [0, 0.1) is 0 Å². The highest BCUT2D eigenvalue weighted by molar-refractivity contribution is 4.51. The minimum Gasteiger partial charge on any atom is -0.330 e. The van der Waals surface area contributed by atoms with E-state index in [4.69, 9.17) is 11.5 Å². The van der Waals surface area contributed by atoms with Crippen LogP contribution in [0.3, 0.4) is 0 Å². The molecular formula is C38H82N2. The van der Waals surface area contributed by atoms with Crippen LogP contribution in [0.5, 0.6) is 0 Å². The van der Waals surface area contributed by atoms with Crippen molar-refractivity contribution in [2.24, 2.45) is 11.5 Å². The number of rotatable bonds is 32. The van der Waals surface area contributed by atoms with Crippen LogP contribution < -0.4 is 11.5 Å². The summed E-state index contributed by atoms with van der Waals surface area (Å²) < 4.78 is 0. The molecule has 2 nitrogen and oxygen atoms in total. The lowest BCUT2D eigenvalue weighted by Gasteiger charge is -2.03. The SMILES string of the molecule is C=C.CCCCCCCCCCCCCCCCCCN.CCCCCCCCCCCCCCCCCCN. The Morgan fingerprint density at radius 1 is 0.250 bits per heavy atom. The van der Waals surface area contributed by atoms with Gasteiger partial charge < -0.3 is 11.5 Å². The molecule has 0 aromatic heterocycles. The Labute approximate surface area is 256 Å². The van der Waals surface area contributed by atoms with Crippen molar-refractivity contribution in [2.75, 3.05) is 13.1 Å². The Bertz CT molecular complexity index is 305. The molecule has 0 radical (unpaired) electrons. The van der Waals surface area contributed by atoms with Gasteiger partial charge in [-0.25, -0.2) is 0 Å². The van der Waals surface area contributed by atoms with Crippen molar-refractivity contribution in [3.05, 3.63) is 13.2 Å². The number of nitrogens with two attached hydrogens (primary N) is 2. The molecule has 0 aromatic carbocycles. The number of unbranched alkanes of at least 4 members (excludes halogenated alkanes) is 30. The molecule has 0 fully saturated rings. The van der Waals surface area contributed by atoms with Crippen LogP contribution in [0.1, 0.15) is 219 Å². The highest BCUT2D eigenvalue weighted by atomic mass is 14.5. The Kier molecular flexibility index (Phi) is 53.4. The van der Waals surface area contributed by atoms with Gasteiger partial charge in [0.05, 0.1) is 0 Å². The van der Waals surface area contributed by atoms with Gasteiger partial charge in [-0.3, -0.25) is 0 Å². The molecular weight excluding hydrogens is 484 g/mol. The molecule has 0 aliphatic rings. The van der Waals surface area contributed by atoms with E-state index >= 15 is 0 Å². The molecule has 0 amide bonds. The molecule has 0 aromatic rings. The van der Waals surface area contributed by atoms with Crippen molar-refractivity contribution in [1.82, 2.24) is 0 Å². The van der Waals surface area contributed by atoms with Crippen LogP contribution in [0.2, 0.25) is 0 Å². The molecule has 0 rings (SSSR count). The fraction of sp³-hybridized carbons (Fsp3) is 0.947. The smallest absolute Gasteiger partial charge is 0.00773 e. The summed E-state index contributed by atoms with van der Waals surface area (Å²) in [5.41, 5.74) is 11.0. The lowest BCUT2D eigenvalue weighted by Crippen LogP contribution is -1.97. The standard InChI is InChI=1S/2C18H39N.C2H4/c2*1-2-3-4-5-6-7-8-9-10-11-12-13-14-15-16-17-18-19;1-2/h2*2-19H2,1H3;1-2H2. The van der Waals surface area contributed by atoms with Crippen LogP contribution in [0.25, 0.3) is 0 Å². The zero-order valence-corrected chi connectivity index (χ0v) is 28.6. The molecule has 0 unspecified atom stereocenters. The Morgan fingerprint density at radius 3 is 0.500 bits per heavy atom. The van der Waals surface area contributed by atoms with Crippen molar-refractivity contribution in [1.29, 1.82) is 0 Å². The summed E-state index contributed by atoms with van der Waals surface area (Å²) in [5.74, 6) is 0. The van der Waals surface area contributed by atoms with Gasteiger partial charge in [0.25, 0.3) is 0 Å². The van der Waals surface area contributed by atoms with Gasteiger partial charge in [-0.2, -0.15) is 0 Å². The van der Waals surface area contributed by atoms with Gasteiger partial charge in [0, 0.05) is 0 Å². The van der Waals surface area contributed by atoms with E-state index in [1.807, 2.05) is 0 Å². The predicted octanol–water partition coefficient (Wildman–Crippen LogP) is 13.2. The first-order valence-corrected chi connectivity index (χ1v) is 18.7. The molecule has 4 N–H and O–H groups in total. The van der Waals surface area contributed by atoms with Gasteiger partial charge >= 0.3 is 0 Å². The van der Waals surface area contributed by atoms with Crippen molar-refractivity contribution < 1.29 is 0 Å². The van der Waals surface area contributed by atoms with Crippen LogP contribution in [0.4, 0.5) is 0 Å². The average Bonchev–Trinajstić information content (AvgIpc) is 2.98. The predicted molar refractivity (Wildman–Crippen MR) is 188 cm³/mol. The maximum absolute atomic E-state index is 5.48. The Hall–Kier alpha value is -0.340. The summed E-state index contributed by atoms with van der Waals surface area (Å²) in [6, 6.07) is 0. The maximum Gasteiger partial charge on any atom is -0.00773 e. The van der Waals surface area contributed by atoms with Gasteiger partial charge in [0.1, 0.15) is 0 Å². The van der Waals surface area contributed by atoms with Gasteiger partial charge in [-0.05, 0) is 25.9 Å². The molecule has 2 heteroatoms. The summed E-state index contributed by atoms with van der Waals surface area (Å²) in [6.45, 7) is 12.3. The van der Waals surface area contributed by atoms with E-state index in [-0.39, 0.29) is 0 Å². The monoisotopic (exact) mass is 567 g/mol. The van der Waals surface area contributed by atoms with Crippen molar-refractivity contribution in [2.45, 2.75) is 219 Å². The third kappa shape index (κ3) is 50.5. The van der Waals surface area contributed by atoms with E-state index < -0.39 is 0 Å². The van der Waals surface area contributed by atoms with Gasteiger partial charge in [0.15, 0.2) is 0 Å². The summed E-state index contributed by atoms with van der Waals surface area (Å²) in [7, 11) is 0. The maximum atomic E-state index is 5.48. The largest absolute Gasteiger partial charge is 0.330 e. The zero-order valence-electron chi connectivity index (χ0n) is 28.6. The molecule has 0 bridgehead atoms. The highest BCUT2D eigenvalue weighted by Gasteiger charge is 1.95. The first-order valence-electron chi connectivity index (χ1n) is 18.7. The third-order valence-corrected chi connectivity index (χ3v) is 8.12. The second kappa shape index (κ2) is 48.4. The van der Waals surface area contributed by atoms with Crippen LogP contribution >= 0.6 is 0 Å². The summed E-state index contributed by atoms with van der Waals surface area (Å²) in [5, 5.41) is 0. The van der Waals surface area contributed by atoms with Crippen LogP contribution in [-0.2, 0) is 0 Å². The number of hydrogen-bond acceptors (Lipinski definition) is 2. The van der Waals surface area contributed by atoms with E-state index in [1.54, 1.807) is 0 Å². The lowest BCUT2D eigenvalue weighted by atomic mass is 10.0. The van der Waals surface area contributed by atoms with Crippen LogP contribution in [-0.4, -0.2) is 13.1 Å². The first-order chi connectivity index (χ1) is 19.8. The van der Waals surface area contributed by atoms with Gasteiger partial charge in [-0.1, -0.05) is 206 Å².